The van der Waals surface area contributed by atoms with E-state index in [0.717, 1.165) is 12.4 Å². The molecule has 0 aliphatic heterocycles. The monoisotopic (exact) mass is 211 g/mol. The normalized spacial score (nSPS) is 14.2. The van der Waals surface area contributed by atoms with Crippen molar-refractivity contribution in [2.45, 2.75) is 12.2 Å². The fourth-order valence-corrected chi connectivity index (χ4v) is 0.828. The lowest BCUT2D eigenvalue weighted by atomic mass is 10.2. The summed E-state index contributed by atoms with van der Waals surface area (Å²) in [4.78, 5) is 6.84. The lowest BCUT2D eigenvalue weighted by Gasteiger charge is -2.14. The second-order valence-electron chi connectivity index (χ2n) is 2.29. The van der Waals surface area contributed by atoms with Gasteiger partial charge in [-0.25, -0.2) is 4.98 Å². The molecule has 0 aliphatic rings. The Labute approximate surface area is 76.7 Å². The third-order valence-corrected chi connectivity index (χ3v) is 1.48. The molecule has 0 saturated heterocycles. The van der Waals surface area contributed by atoms with Gasteiger partial charge >= 0.3 is 6.18 Å². The van der Waals surface area contributed by atoms with E-state index in [9.17, 15) is 13.2 Å². The minimum Gasteiger partial charge on any atom is -0.315 e. The second kappa shape index (κ2) is 3.47. The summed E-state index contributed by atoms with van der Waals surface area (Å²) in [5, 5.41) is -0.114. The fourth-order valence-electron chi connectivity index (χ4n) is 0.674. The minimum atomic E-state index is -4.53. The first-order valence-electron chi connectivity index (χ1n) is 3.21. The van der Waals surface area contributed by atoms with Crippen molar-refractivity contribution in [3.63, 3.8) is 0 Å². The number of nitrogens with two attached hydrogens (primary N) is 1. The predicted molar refractivity (Wildman–Crippen MR) is 40.0 cm³/mol. The summed E-state index contributed by atoms with van der Waals surface area (Å²) in [7, 11) is 0. The van der Waals surface area contributed by atoms with Crippen molar-refractivity contribution in [3.05, 3.63) is 23.2 Å². The zero-order valence-corrected chi connectivity index (χ0v) is 6.97. The van der Waals surface area contributed by atoms with Crippen molar-refractivity contribution in [1.82, 2.24) is 9.97 Å². The molecule has 0 radical (unpaired) electrons. The fraction of sp³-hybridized carbons (Fsp3) is 0.333. The summed E-state index contributed by atoms with van der Waals surface area (Å²) < 4.78 is 36.1. The van der Waals surface area contributed by atoms with Crippen LogP contribution in [0.5, 0.6) is 0 Å². The van der Waals surface area contributed by atoms with Crippen LogP contribution in [0.15, 0.2) is 12.4 Å². The van der Waals surface area contributed by atoms with Gasteiger partial charge < -0.3 is 5.73 Å². The molecule has 0 aromatic carbocycles. The van der Waals surface area contributed by atoms with Crippen LogP contribution >= 0.6 is 11.6 Å². The molecule has 0 saturated carbocycles. The van der Waals surface area contributed by atoms with Crippen LogP contribution in [0.1, 0.15) is 11.7 Å². The highest BCUT2D eigenvalue weighted by molar-refractivity contribution is 6.29. The maximum atomic E-state index is 12.0. The summed E-state index contributed by atoms with van der Waals surface area (Å²) in [6.07, 6.45) is -2.46. The van der Waals surface area contributed by atoms with Crippen molar-refractivity contribution in [2.24, 2.45) is 5.73 Å². The molecule has 0 spiro atoms. The van der Waals surface area contributed by atoms with E-state index in [0.29, 0.717) is 0 Å². The Kier molecular flexibility index (Phi) is 2.72. The molecule has 3 nitrogen and oxygen atoms in total. The van der Waals surface area contributed by atoms with E-state index in [2.05, 4.69) is 9.97 Å². The first-order chi connectivity index (χ1) is 5.91. The molecule has 7 heteroatoms. The molecule has 1 heterocycles. The Morgan fingerprint density at radius 3 is 2.46 bits per heavy atom. The van der Waals surface area contributed by atoms with Gasteiger partial charge in [-0.1, -0.05) is 11.6 Å². The summed E-state index contributed by atoms with van der Waals surface area (Å²) >= 11 is 5.34. The topological polar surface area (TPSA) is 51.8 Å². The standard InChI is InChI=1S/C6H5ClF3N3/c7-4-2-12-1-3(13-4)5(11)6(8,9)10/h1-2,5H,11H2. The number of nitrogens with zero attached hydrogens (tertiary/aromatic N) is 2. The van der Waals surface area contributed by atoms with E-state index in [-0.39, 0.29) is 10.8 Å². The maximum absolute atomic E-state index is 12.0. The van der Waals surface area contributed by atoms with E-state index < -0.39 is 12.2 Å². The summed E-state index contributed by atoms with van der Waals surface area (Å²) in [5.74, 6) is 0. The Morgan fingerprint density at radius 2 is 2.00 bits per heavy atom. The first kappa shape index (κ1) is 10.2. The summed E-state index contributed by atoms with van der Waals surface area (Å²) in [6.45, 7) is 0. The van der Waals surface area contributed by atoms with Gasteiger partial charge in [0, 0.05) is 0 Å². The molecule has 0 fully saturated rings. The van der Waals surface area contributed by atoms with E-state index in [1.165, 1.54) is 0 Å². The van der Waals surface area contributed by atoms with Gasteiger partial charge in [0.05, 0.1) is 18.1 Å². The molecular formula is C6H5ClF3N3. The highest BCUT2D eigenvalue weighted by atomic mass is 35.5. The Hall–Kier alpha value is -0.880. The van der Waals surface area contributed by atoms with E-state index in [1.54, 1.807) is 0 Å². The van der Waals surface area contributed by atoms with Crippen molar-refractivity contribution in [2.75, 3.05) is 0 Å². The lowest BCUT2D eigenvalue weighted by molar-refractivity contribution is -0.150. The number of rotatable bonds is 1. The zero-order valence-electron chi connectivity index (χ0n) is 6.22. The van der Waals surface area contributed by atoms with Crippen LogP contribution in [0.2, 0.25) is 5.15 Å². The van der Waals surface area contributed by atoms with Gasteiger partial charge in [0.1, 0.15) is 11.2 Å². The third-order valence-electron chi connectivity index (χ3n) is 1.30. The maximum Gasteiger partial charge on any atom is 0.409 e. The Balaban J connectivity index is 2.96. The molecular weight excluding hydrogens is 207 g/mol. The van der Waals surface area contributed by atoms with E-state index >= 15 is 0 Å². The average Bonchev–Trinajstić information content (AvgIpc) is 2.01. The SMILES string of the molecule is NC(c1cncc(Cl)n1)C(F)(F)F. The van der Waals surface area contributed by atoms with Gasteiger partial charge in [-0.2, -0.15) is 13.2 Å². The van der Waals surface area contributed by atoms with Crippen LogP contribution in [-0.4, -0.2) is 16.1 Å². The van der Waals surface area contributed by atoms with Crippen LogP contribution in [-0.2, 0) is 0 Å². The van der Waals surface area contributed by atoms with Crippen LogP contribution in [0.25, 0.3) is 0 Å². The van der Waals surface area contributed by atoms with Crippen LogP contribution in [0, 0.1) is 0 Å². The van der Waals surface area contributed by atoms with E-state index in [1.807, 2.05) is 0 Å². The Morgan fingerprint density at radius 1 is 1.38 bits per heavy atom. The molecule has 1 unspecified atom stereocenters. The van der Waals surface area contributed by atoms with Crippen molar-refractivity contribution in [3.8, 4) is 0 Å². The zero-order chi connectivity index (χ0) is 10.1. The largest absolute Gasteiger partial charge is 0.409 e. The van der Waals surface area contributed by atoms with Gasteiger partial charge in [-0.3, -0.25) is 4.98 Å². The van der Waals surface area contributed by atoms with E-state index in [4.69, 9.17) is 17.3 Å². The van der Waals surface area contributed by atoms with Gasteiger partial charge in [0.25, 0.3) is 0 Å². The predicted octanol–water partition coefficient (Wildman–Crippen LogP) is 1.69. The minimum absolute atomic E-state index is 0.114. The number of halogens is 4. The molecule has 13 heavy (non-hydrogen) atoms. The molecule has 0 aliphatic carbocycles. The van der Waals surface area contributed by atoms with Gasteiger partial charge in [0.2, 0.25) is 0 Å². The molecule has 1 aromatic heterocycles. The highest BCUT2D eigenvalue weighted by Crippen LogP contribution is 2.29. The molecule has 1 rings (SSSR count). The second-order valence-corrected chi connectivity index (χ2v) is 2.67. The van der Waals surface area contributed by atoms with Crippen molar-refractivity contribution in [1.29, 1.82) is 0 Å². The first-order valence-corrected chi connectivity index (χ1v) is 3.59. The molecule has 2 N–H and O–H groups in total. The van der Waals surface area contributed by atoms with Crippen LogP contribution < -0.4 is 5.73 Å². The van der Waals surface area contributed by atoms with Crippen molar-refractivity contribution < 1.29 is 13.2 Å². The third kappa shape index (κ3) is 2.53. The lowest BCUT2D eigenvalue weighted by Crippen LogP contribution is -2.29. The molecule has 0 bridgehead atoms. The van der Waals surface area contributed by atoms with Gasteiger partial charge in [0.15, 0.2) is 0 Å². The molecule has 1 aromatic rings. The average molecular weight is 212 g/mol. The molecule has 0 amide bonds. The number of hydrogen-bond acceptors (Lipinski definition) is 3. The number of hydrogen-bond donors (Lipinski definition) is 1. The highest BCUT2D eigenvalue weighted by Gasteiger charge is 2.39. The molecule has 1 atom stereocenters. The van der Waals surface area contributed by atoms with Gasteiger partial charge in [-0.15, -0.1) is 0 Å². The molecule has 72 valence electrons. The van der Waals surface area contributed by atoms with Crippen LogP contribution in [0.3, 0.4) is 0 Å². The van der Waals surface area contributed by atoms with Crippen molar-refractivity contribution >= 4 is 11.6 Å². The Bertz CT molecular complexity index is 301. The summed E-state index contributed by atoms with van der Waals surface area (Å²) in [6, 6.07) is -2.14. The number of alkyl halides is 3. The quantitative estimate of drug-likeness (QED) is 0.769. The summed E-state index contributed by atoms with van der Waals surface area (Å²) in [5.41, 5.74) is 4.47. The van der Waals surface area contributed by atoms with Crippen LogP contribution in [0.4, 0.5) is 13.2 Å². The smallest absolute Gasteiger partial charge is 0.315 e. The van der Waals surface area contributed by atoms with Gasteiger partial charge in [-0.05, 0) is 0 Å². The number of aromatic nitrogens is 2.